The summed E-state index contributed by atoms with van der Waals surface area (Å²) in [5.74, 6) is 1.28. The molecule has 28 heavy (non-hydrogen) atoms. The van der Waals surface area contributed by atoms with Gasteiger partial charge in [0.1, 0.15) is 11.5 Å². The number of carbonyl (C=O) groups excluding carboxylic acids is 1. The van der Waals surface area contributed by atoms with Crippen LogP contribution in [0, 0.1) is 13.8 Å². The minimum absolute atomic E-state index is 0.132. The third kappa shape index (κ3) is 3.39. The zero-order chi connectivity index (χ0) is 19.7. The number of aryl methyl sites for hydroxylation is 2. The van der Waals surface area contributed by atoms with Gasteiger partial charge in [0.15, 0.2) is 5.13 Å². The van der Waals surface area contributed by atoms with Crippen molar-refractivity contribution in [2.24, 2.45) is 0 Å². The molecule has 0 radical (unpaired) electrons. The van der Waals surface area contributed by atoms with Crippen molar-refractivity contribution in [3.63, 3.8) is 0 Å². The zero-order valence-electron chi connectivity index (χ0n) is 15.9. The summed E-state index contributed by atoms with van der Waals surface area (Å²) in [5.41, 5.74) is 3.82. The molecule has 4 aromatic rings. The van der Waals surface area contributed by atoms with Crippen LogP contribution in [0.3, 0.4) is 0 Å². The largest absolute Gasteiger partial charge is 0.497 e. The Balaban J connectivity index is 1.76. The lowest BCUT2D eigenvalue weighted by atomic mass is 10.1. The van der Waals surface area contributed by atoms with Crippen LogP contribution in [0.15, 0.2) is 59.2 Å². The second-order valence-electron chi connectivity index (χ2n) is 6.55. The molecular formula is C22H20N2O3S. The number of furan rings is 1. The summed E-state index contributed by atoms with van der Waals surface area (Å²) in [6.07, 6.45) is 1.61. The number of rotatable bonds is 5. The van der Waals surface area contributed by atoms with Crippen LogP contribution in [0.1, 0.15) is 27.2 Å². The van der Waals surface area contributed by atoms with Crippen LogP contribution in [0.25, 0.3) is 10.2 Å². The highest BCUT2D eigenvalue weighted by Gasteiger charge is 2.23. The van der Waals surface area contributed by atoms with Gasteiger partial charge in [-0.05, 0) is 67.4 Å². The van der Waals surface area contributed by atoms with Gasteiger partial charge in [-0.3, -0.25) is 9.69 Å². The van der Waals surface area contributed by atoms with Crippen molar-refractivity contribution in [1.82, 2.24) is 4.98 Å². The molecule has 6 heteroatoms. The summed E-state index contributed by atoms with van der Waals surface area (Å²) < 4.78 is 11.7. The Morgan fingerprint density at radius 1 is 1.14 bits per heavy atom. The summed E-state index contributed by atoms with van der Waals surface area (Å²) >= 11 is 1.51. The molecule has 2 aromatic carbocycles. The molecule has 2 heterocycles. The lowest BCUT2D eigenvalue weighted by Gasteiger charge is -2.19. The van der Waals surface area contributed by atoms with Crippen molar-refractivity contribution in [1.29, 1.82) is 0 Å². The number of hydrogen-bond acceptors (Lipinski definition) is 5. The fraction of sp³-hybridized carbons (Fsp3) is 0.182. The second-order valence-corrected chi connectivity index (χ2v) is 7.56. The lowest BCUT2D eigenvalue weighted by molar-refractivity contribution is 0.0983. The number of carbonyl (C=O) groups is 1. The molecule has 0 spiro atoms. The Morgan fingerprint density at radius 3 is 2.61 bits per heavy atom. The van der Waals surface area contributed by atoms with E-state index in [4.69, 9.17) is 14.1 Å². The molecule has 0 unspecified atom stereocenters. The molecule has 0 aliphatic carbocycles. The Kier molecular flexibility index (Phi) is 4.88. The summed E-state index contributed by atoms with van der Waals surface area (Å²) in [6, 6.07) is 14.9. The molecule has 0 atom stereocenters. The molecule has 5 nitrogen and oxygen atoms in total. The van der Waals surface area contributed by atoms with Gasteiger partial charge in [-0.2, -0.15) is 0 Å². The fourth-order valence-corrected chi connectivity index (χ4v) is 4.03. The standard InChI is InChI=1S/C22H20N2O3S/c1-14-6-11-19-20(15(14)2)23-22(28-19)24(13-18-5-4-12-27-18)21(25)16-7-9-17(26-3)10-8-16/h4-12H,13H2,1-3H3. The highest BCUT2D eigenvalue weighted by molar-refractivity contribution is 7.22. The van der Waals surface area contributed by atoms with Gasteiger partial charge in [0.05, 0.1) is 30.1 Å². The molecule has 0 fully saturated rings. The fourth-order valence-electron chi connectivity index (χ4n) is 3.00. The van der Waals surface area contributed by atoms with Crippen LogP contribution in [-0.4, -0.2) is 18.0 Å². The average Bonchev–Trinajstić information content (AvgIpc) is 3.38. The zero-order valence-corrected chi connectivity index (χ0v) is 16.7. The number of fused-ring (bicyclic) bond motifs is 1. The first-order valence-electron chi connectivity index (χ1n) is 8.92. The average molecular weight is 392 g/mol. The molecule has 0 saturated heterocycles. The van der Waals surface area contributed by atoms with E-state index in [1.165, 1.54) is 16.9 Å². The molecule has 1 amide bonds. The highest BCUT2D eigenvalue weighted by atomic mass is 32.1. The van der Waals surface area contributed by atoms with Crippen molar-refractivity contribution in [2.75, 3.05) is 12.0 Å². The van der Waals surface area contributed by atoms with E-state index in [9.17, 15) is 4.79 Å². The smallest absolute Gasteiger partial charge is 0.260 e. The third-order valence-corrected chi connectivity index (χ3v) is 5.82. The number of hydrogen-bond donors (Lipinski definition) is 0. The first-order valence-corrected chi connectivity index (χ1v) is 9.73. The van der Waals surface area contributed by atoms with E-state index in [0.29, 0.717) is 28.7 Å². The predicted molar refractivity (Wildman–Crippen MR) is 111 cm³/mol. The number of anilines is 1. The van der Waals surface area contributed by atoms with Gasteiger partial charge in [0.2, 0.25) is 0 Å². The van der Waals surface area contributed by atoms with Crippen molar-refractivity contribution < 1.29 is 13.9 Å². The van der Waals surface area contributed by atoms with Crippen LogP contribution in [0.5, 0.6) is 5.75 Å². The molecule has 2 aromatic heterocycles. The van der Waals surface area contributed by atoms with Gasteiger partial charge in [-0.1, -0.05) is 17.4 Å². The van der Waals surface area contributed by atoms with Crippen molar-refractivity contribution in [2.45, 2.75) is 20.4 Å². The van der Waals surface area contributed by atoms with E-state index in [-0.39, 0.29) is 5.91 Å². The topological polar surface area (TPSA) is 55.6 Å². The minimum atomic E-state index is -0.132. The molecule has 4 rings (SSSR count). The summed E-state index contributed by atoms with van der Waals surface area (Å²) in [4.78, 5) is 19.8. The molecule has 0 aliphatic rings. The van der Waals surface area contributed by atoms with Crippen LogP contribution in [0.4, 0.5) is 5.13 Å². The maximum absolute atomic E-state index is 13.3. The summed E-state index contributed by atoms with van der Waals surface area (Å²) in [5, 5.41) is 0.654. The van der Waals surface area contributed by atoms with Gasteiger partial charge in [0.25, 0.3) is 5.91 Å². The normalized spacial score (nSPS) is 11.0. The maximum atomic E-state index is 13.3. The van der Waals surface area contributed by atoms with E-state index in [2.05, 4.69) is 26.0 Å². The lowest BCUT2D eigenvalue weighted by Crippen LogP contribution is -2.30. The Labute approximate surface area is 167 Å². The molecule has 0 bridgehead atoms. The van der Waals surface area contributed by atoms with Crippen LogP contribution in [0.2, 0.25) is 0 Å². The predicted octanol–water partition coefficient (Wildman–Crippen LogP) is 5.36. The first-order chi connectivity index (χ1) is 13.6. The number of thiazole rings is 1. The summed E-state index contributed by atoms with van der Waals surface area (Å²) in [7, 11) is 1.60. The van der Waals surface area contributed by atoms with Crippen LogP contribution in [-0.2, 0) is 6.54 Å². The van der Waals surface area contributed by atoms with Gasteiger partial charge in [0, 0.05) is 5.56 Å². The van der Waals surface area contributed by atoms with E-state index < -0.39 is 0 Å². The molecule has 0 N–H and O–H groups in total. The third-order valence-electron chi connectivity index (χ3n) is 4.78. The molecule has 0 aliphatic heterocycles. The number of ether oxygens (including phenoxy) is 1. The van der Waals surface area contributed by atoms with Crippen LogP contribution >= 0.6 is 11.3 Å². The molecular weight excluding hydrogens is 372 g/mol. The SMILES string of the molecule is COc1ccc(C(=O)N(Cc2ccco2)c2nc3c(C)c(C)ccc3s2)cc1. The van der Waals surface area contributed by atoms with Crippen LogP contribution < -0.4 is 9.64 Å². The molecule has 0 saturated carbocycles. The second kappa shape index (κ2) is 7.48. The number of amides is 1. The van der Waals surface area contributed by atoms with E-state index in [1.54, 1.807) is 42.5 Å². The number of methoxy groups -OCH3 is 1. The Morgan fingerprint density at radius 2 is 1.93 bits per heavy atom. The van der Waals surface area contributed by atoms with E-state index >= 15 is 0 Å². The maximum Gasteiger partial charge on any atom is 0.260 e. The first kappa shape index (κ1) is 18.3. The minimum Gasteiger partial charge on any atom is -0.497 e. The van der Waals surface area contributed by atoms with Gasteiger partial charge >= 0.3 is 0 Å². The highest BCUT2D eigenvalue weighted by Crippen LogP contribution is 2.33. The monoisotopic (exact) mass is 392 g/mol. The number of benzene rings is 2. The Hall–Kier alpha value is -3.12. The van der Waals surface area contributed by atoms with Crippen molar-refractivity contribution in [3.8, 4) is 5.75 Å². The van der Waals surface area contributed by atoms with Crippen molar-refractivity contribution in [3.05, 3.63) is 77.2 Å². The van der Waals surface area contributed by atoms with Gasteiger partial charge < -0.3 is 9.15 Å². The summed E-state index contributed by atoms with van der Waals surface area (Å²) in [6.45, 7) is 4.44. The Bertz CT molecular complexity index is 1110. The molecule has 142 valence electrons. The quantitative estimate of drug-likeness (QED) is 0.459. The van der Waals surface area contributed by atoms with Gasteiger partial charge in [-0.25, -0.2) is 4.98 Å². The van der Waals surface area contributed by atoms with Crippen molar-refractivity contribution >= 4 is 32.6 Å². The number of aromatic nitrogens is 1. The van der Waals surface area contributed by atoms with Gasteiger partial charge in [-0.15, -0.1) is 0 Å². The van der Waals surface area contributed by atoms with E-state index in [0.717, 1.165) is 15.8 Å². The number of nitrogens with zero attached hydrogens (tertiary/aromatic N) is 2. The van der Waals surface area contributed by atoms with E-state index in [1.807, 2.05) is 12.1 Å².